The van der Waals surface area contributed by atoms with Crippen LogP contribution < -0.4 is 9.64 Å². The number of hydrogen-bond acceptors (Lipinski definition) is 6. The van der Waals surface area contributed by atoms with E-state index in [2.05, 4.69) is 26.9 Å². The molecule has 2 saturated heterocycles. The number of carbonyl (C=O) groups is 1. The highest BCUT2D eigenvalue weighted by Gasteiger charge is 2.26. The Kier molecular flexibility index (Phi) is 7.29. The average molecular weight is 495 g/mol. The van der Waals surface area contributed by atoms with Gasteiger partial charge in [-0.05, 0) is 36.8 Å². The van der Waals surface area contributed by atoms with Crippen LogP contribution in [0.5, 0.6) is 5.75 Å². The Morgan fingerprint density at radius 2 is 1.74 bits per heavy atom. The van der Waals surface area contributed by atoms with Crippen molar-refractivity contribution in [2.45, 2.75) is 32.4 Å². The minimum absolute atomic E-state index is 0.0203. The van der Waals surface area contributed by atoms with Gasteiger partial charge < -0.3 is 14.5 Å². The molecular weight excluding hydrogens is 463 g/mol. The van der Waals surface area contributed by atoms with E-state index in [4.69, 9.17) is 4.74 Å². The van der Waals surface area contributed by atoms with Crippen LogP contribution in [0.25, 0.3) is 0 Å². The van der Waals surface area contributed by atoms with E-state index in [9.17, 15) is 9.18 Å². The molecule has 2 fully saturated rings. The molecule has 5 rings (SSSR count). The molecule has 0 atom stereocenters. The molecule has 0 bridgehead atoms. The molecule has 184 valence electrons. The summed E-state index contributed by atoms with van der Waals surface area (Å²) in [6.07, 6.45) is 1.76. The van der Waals surface area contributed by atoms with Crippen LogP contribution in [0.3, 0.4) is 0 Å². The molecule has 35 heavy (non-hydrogen) atoms. The maximum Gasteiger partial charge on any atom is 0.273 e. The second-order valence-electron chi connectivity index (χ2n) is 9.22. The molecule has 3 aromatic rings. The number of benzene rings is 2. The van der Waals surface area contributed by atoms with Gasteiger partial charge in [0.1, 0.15) is 23.4 Å². The predicted octanol–water partition coefficient (Wildman–Crippen LogP) is 4.60. The van der Waals surface area contributed by atoms with Crippen molar-refractivity contribution in [2.75, 3.05) is 44.2 Å². The van der Waals surface area contributed by atoms with Gasteiger partial charge in [-0.1, -0.05) is 24.3 Å². The summed E-state index contributed by atoms with van der Waals surface area (Å²) in [6.45, 7) is 7.64. The Balaban J connectivity index is 1.06. The van der Waals surface area contributed by atoms with E-state index >= 15 is 0 Å². The van der Waals surface area contributed by atoms with Gasteiger partial charge in [0.05, 0.1) is 10.7 Å². The summed E-state index contributed by atoms with van der Waals surface area (Å²) in [6, 6.07) is 15.3. The van der Waals surface area contributed by atoms with Crippen molar-refractivity contribution in [2.24, 2.45) is 0 Å². The van der Waals surface area contributed by atoms with Crippen molar-refractivity contribution >= 4 is 22.9 Å². The summed E-state index contributed by atoms with van der Waals surface area (Å²) in [7, 11) is 0. The number of piperazine rings is 1. The molecule has 0 radical (unpaired) electrons. The number of carbonyl (C=O) groups excluding carboxylic acids is 1. The molecule has 0 spiro atoms. The molecule has 2 aliphatic rings. The number of anilines is 1. The van der Waals surface area contributed by atoms with Gasteiger partial charge >= 0.3 is 0 Å². The number of aryl methyl sites for hydroxylation is 1. The number of rotatable bonds is 6. The van der Waals surface area contributed by atoms with E-state index in [1.165, 1.54) is 23.0 Å². The maximum absolute atomic E-state index is 14.1. The van der Waals surface area contributed by atoms with Crippen LogP contribution in [0.15, 0.2) is 53.9 Å². The van der Waals surface area contributed by atoms with Crippen molar-refractivity contribution in [3.05, 3.63) is 76.0 Å². The van der Waals surface area contributed by atoms with Gasteiger partial charge in [0, 0.05) is 64.0 Å². The van der Waals surface area contributed by atoms with Crippen molar-refractivity contribution in [1.82, 2.24) is 14.8 Å². The third kappa shape index (κ3) is 5.82. The van der Waals surface area contributed by atoms with E-state index in [1.807, 2.05) is 41.5 Å². The first kappa shape index (κ1) is 23.8. The Morgan fingerprint density at radius 1 is 1.03 bits per heavy atom. The highest BCUT2D eigenvalue weighted by molar-refractivity contribution is 7.09. The molecule has 2 aliphatic heterocycles. The van der Waals surface area contributed by atoms with E-state index in [0.717, 1.165) is 56.3 Å². The molecule has 0 saturated carbocycles. The summed E-state index contributed by atoms with van der Waals surface area (Å²) in [4.78, 5) is 23.3. The van der Waals surface area contributed by atoms with Crippen LogP contribution in [0, 0.1) is 12.7 Å². The summed E-state index contributed by atoms with van der Waals surface area (Å²) in [5.41, 5.74) is 2.49. The second kappa shape index (κ2) is 10.7. The van der Waals surface area contributed by atoms with Crippen molar-refractivity contribution in [3.8, 4) is 5.75 Å². The fraction of sp³-hybridized carbons (Fsp3) is 0.407. The molecule has 1 amide bonds. The number of amides is 1. The van der Waals surface area contributed by atoms with Gasteiger partial charge in [0.2, 0.25) is 0 Å². The second-order valence-corrected chi connectivity index (χ2v) is 10.3. The van der Waals surface area contributed by atoms with Crippen LogP contribution in [0.4, 0.5) is 10.1 Å². The molecule has 3 heterocycles. The molecule has 0 aliphatic carbocycles. The van der Waals surface area contributed by atoms with Gasteiger partial charge in [-0.15, -0.1) is 11.3 Å². The lowest BCUT2D eigenvalue weighted by molar-refractivity contribution is 0.0590. The summed E-state index contributed by atoms with van der Waals surface area (Å²) in [5, 5.41) is 2.75. The Labute approximate surface area is 209 Å². The monoisotopic (exact) mass is 494 g/mol. The quantitative estimate of drug-likeness (QED) is 0.502. The van der Waals surface area contributed by atoms with E-state index in [0.29, 0.717) is 24.5 Å². The molecule has 8 heteroatoms. The summed E-state index contributed by atoms with van der Waals surface area (Å²) in [5.74, 6) is 0.744. The minimum atomic E-state index is -0.150. The number of ether oxygens (including phenoxy) is 1. The first-order valence-electron chi connectivity index (χ1n) is 12.2. The van der Waals surface area contributed by atoms with Crippen LogP contribution >= 0.6 is 11.3 Å². The van der Waals surface area contributed by atoms with Crippen LogP contribution in [0.2, 0.25) is 0 Å². The summed E-state index contributed by atoms with van der Waals surface area (Å²) < 4.78 is 20.3. The van der Waals surface area contributed by atoms with Crippen LogP contribution in [0.1, 0.15) is 33.9 Å². The number of para-hydroxylation sites is 1. The minimum Gasteiger partial charge on any atom is -0.490 e. The molecular formula is C27H31FN4O2S. The fourth-order valence-corrected chi connectivity index (χ4v) is 5.37. The van der Waals surface area contributed by atoms with E-state index in [1.54, 1.807) is 6.07 Å². The SMILES string of the molecule is Cc1nc(C(=O)N2CCC(Oc3ccc(CN4CCN(c5ccccc5F)CC4)cc3)CC2)cs1. The Bertz CT molecular complexity index is 1140. The van der Waals surface area contributed by atoms with Gasteiger partial charge in [-0.2, -0.15) is 0 Å². The molecule has 0 unspecified atom stereocenters. The number of nitrogens with zero attached hydrogens (tertiary/aromatic N) is 4. The Morgan fingerprint density at radius 3 is 2.40 bits per heavy atom. The highest BCUT2D eigenvalue weighted by atomic mass is 32.1. The lowest BCUT2D eigenvalue weighted by Gasteiger charge is -2.36. The highest BCUT2D eigenvalue weighted by Crippen LogP contribution is 2.23. The zero-order valence-corrected chi connectivity index (χ0v) is 20.8. The van der Waals surface area contributed by atoms with E-state index < -0.39 is 0 Å². The Hall–Kier alpha value is -2.97. The number of aromatic nitrogens is 1. The number of piperidine rings is 1. The standard InChI is InChI=1S/C27H31FN4O2S/c1-20-29-25(19-35-20)27(33)32-12-10-23(11-13-32)34-22-8-6-21(7-9-22)18-30-14-16-31(17-15-30)26-5-3-2-4-24(26)28/h2-9,19,23H,10-18H2,1H3. The van der Waals surface area contributed by atoms with Crippen molar-refractivity contribution in [3.63, 3.8) is 0 Å². The van der Waals surface area contributed by atoms with Gasteiger partial charge in [0.25, 0.3) is 5.91 Å². The number of likely N-dealkylation sites (tertiary alicyclic amines) is 1. The predicted molar refractivity (Wildman–Crippen MR) is 137 cm³/mol. The fourth-order valence-electron chi connectivity index (χ4n) is 4.78. The molecule has 2 aromatic carbocycles. The van der Waals surface area contributed by atoms with E-state index in [-0.39, 0.29) is 17.8 Å². The van der Waals surface area contributed by atoms with Gasteiger partial charge in [-0.3, -0.25) is 9.69 Å². The largest absolute Gasteiger partial charge is 0.490 e. The van der Waals surface area contributed by atoms with Crippen LogP contribution in [-0.2, 0) is 6.54 Å². The lowest BCUT2D eigenvalue weighted by atomic mass is 10.1. The molecule has 6 nitrogen and oxygen atoms in total. The zero-order chi connectivity index (χ0) is 24.2. The van der Waals surface area contributed by atoms with Crippen molar-refractivity contribution in [1.29, 1.82) is 0 Å². The van der Waals surface area contributed by atoms with Crippen molar-refractivity contribution < 1.29 is 13.9 Å². The average Bonchev–Trinajstić information content (AvgIpc) is 3.32. The smallest absolute Gasteiger partial charge is 0.273 e. The van der Waals surface area contributed by atoms with Gasteiger partial charge in [-0.25, -0.2) is 9.37 Å². The lowest BCUT2D eigenvalue weighted by Crippen LogP contribution is -2.46. The zero-order valence-electron chi connectivity index (χ0n) is 20.0. The number of hydrogen-bond donors (Lipinski definition) is 0. The first-order valence-corrected chi connectivity index (χ1v) is 13.1. The summed E-state index contributed by atoms with van der Waals surface area (Å²) >= 11 is 1.51. The van der Waals surface area contributed by atoms with Gasteiger partial charge in [0.15, 0.2) is 0 Å². The third-order valence-corrected chi connectivity index (χ3v) is 7.54. The molecule has 0 N–H and O–H groups in total. The number of halogens is 1. The third-order valence-electron chi connectivity index (χ3n) is 6.77. The topological polar surface area (TPSA) is 48.9 Å². The first-order chi connectivity index (χ1) is 17.0. The van der Waals surface area contributed by atoms with Crippen LogP contribution in [-0.4, -0.2) is 66.1 Å². The normalized spacial score (nSPS) is 17.5. The maximum atomic E-state index is 14.1. The number of thiazole rings is 1. The molecule has 1 aromatic heterocycles.